The number of ether oxygens (including phenoxy) is 1. The fraction of sp³-hybridized carbons (Fsp3) is 0.231. The van der Waals surface area contributed by atoms with Gasteiger partial charge in [0.05, 0.1) is 18.0 Å². The third kappa shape index (κ3) is 2.19. The molecule has 0 saturated heterocycles. The summed E-state index contributed by atoms with van der Waals surface area (Å²) in [5.41, 5.74) is 1.07. The van der Waals surface area contributed by atoms with Crippen molar-refractivity contribution >= 4 is 16.8 Å². The van der Waals surface area contributed by atoms with E-state index in [2.05, 4.69) is 9.97 Å². The van der Waals surface area contributed by atoms with Crippen molar-refractivity contribution < 1.29 is 8.95 Å². The van der Waals surface area contributed by atoms with Gasteiger partial charge < -0.3 is 4.74 Å². The summed E-state index contributed by atoms with van der Waals surface area (Å²) in [6.45, 7) is 2.97. The summed E-state index contributed by atoms with van der Waals surface area (Å²) in [6.07, 6.45) is 1.62. The van der Waals surface area contributed by atoms with Gasteiger partial charge in [-0.05, 0) is 18.6 Å². The lowest BCUT2D eigenvalue weighted by atomic mass is 10.2. The molecule has 98 valence electrons. The van der Waals surface area contributed by atoms with Gasteiger partial charge in [-0.2, -0.15) is 4.98 Å². The predicted octanol–water partition coefficient (Wildman–Crippen LogP) is 1.92. The summed E-state index contributed by atoms with van der Waals surface area (Å²) in [4.78, 5) is 9.14. The van der Waals surface area contributed by atoms with Crippen LogP contribution in [0.3, 0.4) is 0 Å². The Bertz CT molecular complexity index is 633. The van der Waals surface area contributed by atoms with Crippen molar-refractivity contribution in [2.75, 3.05) is 10.9 Å². The summed E-state index contributed by atoms with van der Waals surface area (Å²) in [5, 5.41) is 0. The summed E-state index contributed by atoms with van der Waals surface area (Å²) in [7, 11) is -1.21. The Morgan fingerprint density at radius 3 is 3.00 bits per heavy atom. The van der Waals surface area contributed by atoms with Crippen molar-refractivity contribution in [1.82, 2.24) is 9.97 Å². The maximum atomic E-state index is 12.4. The molecule has 0 radical (unpaired) electrons. The lowest BCUT2D eigenvalue weighted by molar-refractivity contribution is 0.313. The number of benzene rings is 1. The minimum atomic E-state index is -1.21. The first kappa shape index (κ1) is 12.1. The highest BCUT2D eigenvalue weighted by atomic mass is 32.2. The Kier molecular flexibility index (Phi) is 3.16. The van der Waals surface area contributed by atoms with Crippen molar-refractivity contribution in [3.63, 3.8) is 0 Å². The Hall–Kier alpha value is -1.95. The van der Waals surface area contributed by atoms with Crippen molar-refractivity contribution in [3.8, 4) is 6.01 Å². The second kappa shape index (κ2) is 4.97. The Morgan fingerprint density at radius 2 is 2.21 bits per heavy atom. The fourth-order valence-electron chi connectivity index (χ4n) is 1.97. The molecule has 1 aromatic heterocycles. The molecule has 0 N–H and O–H groups in total. The molecule has 1 aliphatic heterocycles. The molecule has 1 atom stereocenters. The second-order valence-electron chi connectivity index (χ2n) is 4.02. The van der Waals surface area contributed by atoms with E-state index in [0.29, 0.717) is 25.0 Å². The number of fused-ring (bicyclic) bond motifs is 1. The van der Waals surface area contributed by atoms with Crippen LogP contribution < -0.4 is 9.04 Å². The molecule has 1 unspecified atom stereocenters. The first-order valence-electron chi connectivity index (χ1n) is 6.03. The minimum absolute atomic E-state index is 0.313. The number of nitrogens with zero attached hydrogens (tertiary/aromatic N) is 3. The second-order valence-corrected chi connectivity index (χ2v) is 5.40. The van der Waals surface area contributed by atoms with Gasteiger partial charge in [0.15, 0.2) is 11.0 Å². The molecule has 0 spiro atoms. The van der Waals surface area contributed by atoms with E-state index in [1.165, 1.54) is 0 Å². The third-order valence-electron chi connectivity index (χ3n) is 2.82. The molecule has 0 bridgehead atoms. The molecule has 0 fully saturated rings. The molecule has 3 rings (SSSR count). The van der Waals surface area contributed by atoms with Gasteiger partial charge in [-0.25, -0.2) is 9.19 Å². The van der Waals surface area contributed by atoms with E-state index in [-0.39, 0.29) is 0 Å². The molecule has 1 aromatic carbocycles. The number of rotatable bonds is 3. The van der Waals surface area contributed by atoms with Crippen molar-refractivity contribution in [3.05, 3.63) is 42.1 Å². The average molecular weight is 275 g/mol. The monoisotopic (exact) mass is 275 g/mol. The average Bonchev–Trinajstić information content (AvgIpc) is 2.78. The smallest absolute Gasteiger partial charge is 0.318 e. The highest BCUT2D eigenvalue weighted by Crippen LogP contribution is 2.30. The zero-order valence-corrected chi connectivity index (χ0v) is 11.3. The van der Waals surface area contributed by atoms with Crippen LogP contribution in [-0.4, -0.2) is 20.8 Å². The molecular formula is C13H13N3O2S. The highest BCUT2D eigenvalue weighted by Gasteiger charge is 2.27. The number of anilines is 1. The van der Waals surface area contributed by atoms with Crippen LogP contribution in [0.1, 0.15) is 12.5 Å². The van der Waals surface area contributed by atoms with Crippen LogP contribution >= 0.6 is 0 Å². The fourth-order valence-corrected chi connectivity index (χ4v) is 3.29. The van der Waals surface area contributed by atoms with Gasteiger partial charge in [0.25, 0.3) is 0 Å². The van der Waals surface area contributed by atoms with Gasteiger partial charge in [0.1, 0.15) is 5.82 Å². The van der Waals surface area contributed by atoms with Crippen molar-refractivity contribution in [2.24, 2.45) is 0 Å². The summed E-state index contributed by atoms with van der Waals surface area (Å²) in [6, 6.07) is 9.77. The van der Waals surface area contributed by atoms with Gasteiger partial charge in [-0.3, -0.25) is 4.31 Å². The molecule has 2 heterocycles. The van der Waals surface area contributed by atoms with E-state index >= 15 is 0 Å². The van der Waals surface area contributed by atoms with E-state index in [4.69, 9.17) is 4.74 Å². The summed E-state index contributed by atoms with van der Waals surface area (Å²) < 4.78 is 19.4. The van der Waals surface area contributed by atoms with Crippen LogP contribution in [0, 0.1) is 0 Å². The molecule has 1 aliphatic rings. The quantitative estimate of drug-likeness (QED) is 0.858. The lowest BCUT2D eigenvalue weighted by Gasteiger charge is -2.14. The van der Waals surface area contributed by atoms with E-state index in [1.54, 1.807) is 16.6 Å². The zero-order valence-electron chi connectivity index (χ0n) is 10.4. The first-order valence-corrected chi connectivity index (χ1v) is 7.13. The highest BCUT2D eigenvalue weighted by molar-refractivity contribution is 7.86. The van der Waals surface area contributed by atoms with Crippen LogP contribution in [-0.2, 0) is 17.5 Å². The lowest BCUT2D eigenvalue weighted by Crippen LogP contribution is -2.19. The van der Waals surface area contributed by atoms with Crippen molar-refractivity contribution in [1.29, 1.82) is 0 Å². The van der Waals surface area contributed by atoms with Gasteiger partial charge in [-0.1, -0.05) is 18.2 Å². The van der Waals surface area contributed by atoms with Crippen LogP contribution in [0.25, 0.3) is 0 Å². The van der Waals surface area contributed by atoms with E-state index in [9.17, 15) is 4.21 Å². The molecular weight excluding hydrogens is 262 g/mol. The van der Waals surface area contributed by atoms with Gasteiger partial charge in [0, 0.05) is 12.3 Å². The maximum Gasteiger partial charge on any atom is 0.318 e. The normalized spacial score (nSPS) is 17.3. The van der Waals surface area contributed by atoms with E-state index in [1.807, 2.05) is 31.2 Å². The van der Waals surface area contributed by atoms with Gasteiger partial charge in [0.2, 0.25) is 0 Å². The topological polar surface area (TPSA) is 55.3 Å². The maximum absolute atomic E-state index is 12.4. The van der Waals surface area contributed by atoms with Crippen LogP contribution in [0.4, 0.5) is 5.82 Å². The summed E-state index contributed by atoms with van der Waals surface area (Å²) in [5.74, 6) is 0.619. The molecule has 19 heavy (non-hydrogen) atoms. The predicted molar refractivity (Wildman–Crippen MR) is 72.2 cm³/mol. The van der Waals surface area contributed by atoms with E-state index in [0.717, 1.165) is 10.5 Å². The van der Waals surface area contributed by atoms with Gasteiger partial charge >= 0.3 is 6.01 Å². The number of hydrogen-bond acceptors (Lipinski definition) is 4. The van der Waals surface area contributed by atoms with Crippen molar-refractivity contribution in [2.45, 2.75) is 18.4 Å². The molecule has 0 amide bonds. The molecule has 0 aliphatic carbocycles. The SMILES string of the molecule is CCOc1nccc(N2Cc3ccccc3S2=O)n1. The van der Waals surface area contributed by atoms with Crippen LogP contribution in [0.15, 0.2) is 41.4 Å². The van der Waals surface area contributed by atoms with Crippen LogP contribution in [0.5, 0.6) is 6.01 Å². The molecule has 6 heteroatoms. The third-order valence-corrected chi connectivity index (χ3v) is 4.31. The Balaban J connectivity index is 1.93. The Morgan fingerprint density at radius 1 is 1.37 bits per heavy atom. The van der Waals surface area contributed by atoms with Crippen LogP contribution in [0.2, 0.25) is 0 Å². The minimum Gasteiger partial charge on any atom is -0.464 e. The standard InChI is InChI=1S/C13H13N3O2S/c1-2-18-13-14-8-7-12(15-13)16-9-10-5-3-4-6-11(10)19(16)17/h3-8H,2,9H2,1H3. The summed E-state index contributed by atoms with van der Waals surface area (Å²) >= 11 is 0. The van der Waals surface area contributed by atoms with E-state index < -0.39 is 11.0 Å². The molecule has 0 saturated carbocycles. The van der Waals surface area contributed by atoms with Gasteiger partial charge in [-0.15, -0.1) is 0 Å². The molecule has 5 nitrogen and oxygen atoms in total. The zero-order chi connectivity index (χ0) is 13.2. The Labute approximate surface area is 113 Å². The first-order chi connectivity index (χ1) is 9.29. The number of aromatic nitrogens is 2. The largest absolute Gasteiger partial charge is 0.464 e. The molecule has 2 aromatic rings. The number of hydrogen-bond donors (Lipinski definition) is 0.